The first-order valence-electron chi connectivity index (χ1n) is 6.38. The van der Waals surface area contributed by atoms with Crippen molar-refractivity contribution in [3.05, 3.63) is 42.5 Å². The van der Waals surface area contributed by atoms with E-state index < -0.39 is 5.97 Å². The summed E-state index contributed by atoms with van der Waals surface area (Å²) >= 11 is 0. The van der Waals surface area contributed by atoms with Gasteiger partial charge in [-0.2, -0.15) is 0 Å². The van der Waals surface area contributed by atoms with E-state index in [1.165, 1.54) is 0 Å². The number of benzene rings is 1. The molecule has 3 nitrogen and oxygen atoms in total. The van der Waals surface area contributed by atoms with Gasteiger partial charge in [-0.15, -0.1) is 6.58 Å². The fourth-order valence-electron chi connectivity index (χ4n) is 1.92. The zero-order chi connectivity index (χ0) is 13.4. The quantitative estimate of drug-likeness (QED) is 0.684. The van der Waals surface area contributed by atoms with Gasteiger partial charge in [0.2, 0.25) is 0 Å². The maximum absolute atomic E-state index is 11.1. The van der Waals surface area contributed by atoms with E-state index in [-0.39, 0.29) is 6.04 Å². The van der Waals surface area contributed by atoms with Crippen molar-refractivity contribution in [2.24, 2.45) is 0 Å². The number of unbranched alkanes of at least 4 members (excludes halogenated alkanes) is 1. The number of carbonyl (C=O) groups is 1. The molecule has 1 unspecified atom stereocenters. The van der Waals surface area contributed by atoms with Crippen molar-refractivity contribution in [3.63, 3.8) is 0 Å². The van der Waals surface area contributed by atoms with Crippen LogP contribution in [0, 0.1) is 0 Å². The Balaban J connectivity index is 2.79. The number of nitrogens with one attached hydrogen (secondary N) is 1. The molecular weight excluding hydrogens is 226 g/mol. The van der Waals surface area contributed by atoms with Crippen LogP contribution in [0.15, 0.2) is 36.9 Å². The highest BCUT2D eigenvalue weighted by atomic mass is 16.4. The number of aromatic carboxylic acids is 1. The standard InChI is InChI=1S/C15H21NO2/c1-3-5-9-12(8-4-2)16-14-11-7-6-10-13(14)15(17)18/h4,6-7,10-12,16H,2-3,5,8-9H2,1H3,(H,17,18). The molecule has 0 aliphatic heterocycles. The molecule has 18 heavy (non-hydrogen) atoms. The maximum Gasteiger partial charge on any atom is 0.337 e. The molecule has 0 saturated heterocycles. The Morgan fingerprint density at radius 3 is 2.83 bits per heavy atom. The zero-order valence-corrected chi connectivity index (χ0v) is 10.9. The van der Waals surface area contributed by atoms with E-state index in [1.807, 2.05) is 18.2 Å². The minimum atomic E-state index is -0.897. The number of carboxylic acid groups (broad SMARTS) is 1. The van der Waals surface area contributed by atoms with E-state index in [2.05, 4.69) is 18.8 Å². The van der Waals surface area contributed by atoms with Gasteiger partial charge in [0.25, 0.3) is 0 Å². The van der Waals surface area contributed by atoms with E-state index >= 15 is 0 Å². The molecule has 0 aliphatic carbocycles. The van der Waals surface area contributed by atoms with Crippen molar-refractivity contribution in [1.29, 1.82) is 0 Å². The van der Waals surface area contributed by atoms with Crippen LogP contribution in [0.4, 0.5) is 5.69 Å². The fourth-order valence-corrected chi connectivity index (χ4v) is 1.92. The molecule has 0 aliphatic rings. The molecule has 0 radical (unpaired) electrons. The molecule has 1 rings (SSSR count). The van der Waals surface area contributed by atoms with E-state index in [0.29, 0.717) is 11.3 Å². The highest BCUT2D eigenvalue weighted by Gasteiger charge is 2.12. The third kappa shape index (κ3) is 4.24. The lowest BCUT2D eigenvalue weighted by molar-refractivity contribution is 0.0698. The van der Waals surface area contributed by atoms with E-state index in [9.17, 15) is 4.79 Å². The summed E-state index contributed by atoms with van der Waals surface area (Å²) in [5.74, 6) is -0.897. The number of hydrogen-bond acceptors (Lipinski definition) is 2. The number of anilines is 1. The minimum absolute atomic E-state index is 0.253. The summed E-state index contributed by atoms with van der Waals surface area (Å²) in [6.45, 7) is 5.90. The SMILES string of the molecule is C=CCC(CCCC)Nc1ccccc1C(=O)O. The first-order chi connectivity index (χ1) is 8.69. The van der Waals surface area contributed by atoms with Gasteiger partial charge in [-0.1, -0.05) is 38.0 Å². The van der Waals surface area contributed by atoms with Crippen LogP contribution in [0.2, 0.25) is 0 Å². The van der Waals surface area contributed by atoms with Crippen LogP contribution >= 0.6 is 0 Å². The van der Waals surface area contributed by atoms with Gasteiger partial charge in [0, 0.05) is 11.7 Å². The zero-order valence-electron chi connectivity index (χ0n) is 10.9. The number of carboxylic acids is 1. The lowest BCUT2D eigenvalue weighted by Crippen LogP contribution is -2.20. The normalized spacial score (nSPS) is 11.8. The van der Waals surface area contributed by atoms with Crippen molar-refractivity contribution in [1.82, 2.24) is 0 Å². The van der Waals surface area contributed by atoms with Crippen LogP contribution in [0.3, 0.4) is 0 Å². The van der Waals surface area contributed by atoms with Gasteiger partial charge in [0.15, 0.2) is 0 Å². The van der Waals surface area contributed by atoms with E-state index in [1.54, 1.807) is 12.1 Å². The predicted octanol–water partition coefficient (Wildman–Crippen LogP) is 3.93. The highest BCUT2D eigenvalue weighted by Crippen LogP contribution is 2.19. The number of rotatable bonds is 8. The third-order valence-electron chi connectivity index (χ3n) is 2.87. The van der Waals surface area contributed by atoms with Crippen LogP contribution in [0.25, 0.3) is 0 Å². The fraction of sp³-hybridized carbons (Fsp3) is 0.400. The molecule has 0 saturated carbocycles. The summed E-state index contributed by atoms with van der Waals surface area (Å²) < 4.78 is 0. The van der Waals surface area contributed by atoms with Gasteiger partial charge in [-0.3, -0.25) is 0 Å². The molecule has 98 valence electrons. The summed E-state index contributed by atoms with van der Waals surface area (Å²) in [5, 5.41) is 12.4. The van der Waals surface area contributed by atoms with Crippen LogP contribution in [-0.2, 0) is 0 Å². The molecule has 0 fully saturated rings. The van der Waals surface area contributed by atoms with Crippen molar-refractivity contribution in [3.8, 4) is 0 Å². The molecule has 1 atom stereocenters. The first kappa shape index (κ1) is 14.3. The second-order valence-corrected chi connectivity index (χ2v) is 4.36. The Morgan fingerprint density at radius 1 is 1.50 bits per heavy atom. The summed E-state index contributed by atoms with van der Waals surface area (Å²) in [7, 11) is 0. The Hall–Kier alpha value is -1.77. The van der Waals surface area contributed by atoms with Crippen molar-refractivity contribution in [2.75, 3.05) is 5.32 Å². The molecule has 0 spiro atoms. The lowest BCUT2D eigenvalue weighted by atomic mass is 10.1. The smallest absolute Gasteiger partial charge is 0.337 e. The second-order valence-electron chi connectivity index (χ2n) is 4.36. The molecule has 0 aromatic heterocycles. The Labute approximate surface area is 109 Å². The third-order valence-corrected chi connectivity index (χ3v) is 2.87. The first-order valence-corrected chi connectivity index (χ1v) is 6.38. The van der Waals surface area contributed by atoms with Gasteiger partial charge < -0.3 is 10.4 Å². The lowest BCUT2D eigenvalue weighted by Gasteiger charge is -2.19. The summed E-state index contributed by atoms with van der Waals surface area (Å²) in [6, 6.07) is 7.27. The van der Waals surface area contributed by atoms with E-state index in [4.69, 9.17) is 5.11 Å². The molecule has 1 aromatic rings. The second kappa shape index (κ2) is 7.54. The molecule has 1 aromatic carbocycles. The Bertz CT molecular complexity index is 401. The van der Waals surface area contributed by atoms with Crippen molar-refractivity contribution < 1.29 is 9.90 Å². The highest BCUT2D eigenvalue weighted by molar-refractivity contribution is 5.94. The predicted molar refractivity (Wildman–Crippen MR) is 75.2 cm³/mol. The van der Waals surface area contributed by atoms with Gasteiger partial charge in [-0.05, 0) is 25.0 Å². The molecule has 3 heteroatoms. The topological polar surface area (TPSA) is 49.3 Å². The van der Waals surface area contributed by atoms with Gasteiger partial charge in [-0.25, -0.2) is 4.79 Å². The largest absolute Gasteiger partial charge is 0.478 e. The van der Waals surface area contributed by atoms with Gasteiger partial charge >= 0.3 is 5.97 Å². The van der Waals surface area contributed by atoms with Crippen molar-refractivity contribution >= 4 is 11.7 Å². The summed E-state index contributed by atoms with van der Waals surface area (Å²) in [6.07, 6.45) is 6.00. The number of hydrogen-bond donors (Lipinski definition) is 2. The maximum atomic E-state index is 11.1. The van der Waals surface area contributed by atoms with Crippen molar-refractivity contribution in [2.45, 2.75) is 38.6 Å². The molecule has 2 N–H and O–H groups in total. The van der Waals surface area contributed by atoms with Crippen LogP contribution in [0.5, 0.6) is 0 Å². The van der Waals surface area contributed by atoms with Crippen LogP contribution < -0.4 is 5.32 Å². The average molecular weight is 247 g/mol. The molecule has 0 heterocycles. The minimum Gasteiger partial charge on any atom is -0.478 e. The Morgan fingerprint density at radius 2 is 2.22 bits per heavy atom. The van der Waals surface area contributed by atoms with E-state index in [0.717, 1.165) is 25.7 Å². The van der Waals surface area contributed by atoms with Gasteiger partial charge in [0.05, 0.1) is 5.56 Å². The molecule has 0 amide bonds. The molecular formula is C15H21NO2. The van der Waals surface area contributed by atoms with Crippen LogP contribution in [0.1, 0.15) is 43.0 Å². The number of para-hydroxylation sites is 1. The molecule has 0 bridgehead atoms. The average Bonchev–Trinajstić information content (AvgIpc) is 2.36. The van der Waals surface area contributed by atoms with Crippen LogP contribution in [-0.4, -0.2) is 17.1 Å². The summed E-state index contributed by atoms with van der Waals surface area (Å²) in [5.41, 5.74) is 1.01. The Kier molecular flexibility index (Phi) is 5.98. The monoisotopic (exact) mass is 247 g/mol. The summed E-state index contributed by atoms with van der Waals surface area (Å²) in [4.78, 5) is 11.1. The van der Waals surface area contributed by atoms with Gasteiger partial charge in [0.1, 0.15) is 0 Å².